The minimum Gasteiger partial charge on any atom is -0.365 e. The minimum absolute atomic E-state index is 0.0205. The average molecular weight is 271 g/mol. The molecule has 0 aliphatic rings. The average Bonchev–Trinajstić information content (AvgIpc) is 2.85. The van der Waals surface area contributed by atoms with Crippen molar-refractivity contribution in [3.8, 4) is 0 Å². The number of rotatable bonds is 5. The highest BCUT2D eigenvalue weighted by Gasteiger charge is 2.03. The molecule has 1 amide bonds. The molecule has 0 fully saturated rings. The summed E-state index contributed by atoms with van der Waals surface area (Å²) in [6.07, 6.45) is 5.07. The van der Waals surface area contributed by atoms with Gasteiger partial charge in [0.15, 0.2) is 0 Å². The normalized spacial score (nSPS) is 11.2. The number of nitrogens with two attached hydrogens (primary N) is 1. The highest BCUT2D eigenvalue weighted by Crippen LogP contribution is 1.99. The van der Waals surface area contributed by atoms with E-state index in [4.69, 9.17) is 5.73 Å². The molecule has 2 rings (SSSR count). The quantitative estimate of drug-likeness (QED) is 0.590. The third kappa shape index (κ3) is 4.33. The number of benzene rings is 1. The van der Waals surface area contributed by atoms with Crippen LogP contribution in [-0.2, 0) is 11.3 Å². The monoisotopic (exact) mass is 271 g/mol. The van der Waals surface area contributed by atoms with E-state index in [0.717, 1.165) is 10.4 Å². The first-order valence-corrected chi connectivity index (χ1v) is 5.81. The Kier molecular flexibility index (Phi) is 4.55. The molecular formula is C12H13N7O. The fourth-order valence-corrected chi connectivity index (χ4v) is 1.36. The summed E-state index contributed by atoms with van der Waals surface area (Å²) in [5.41, 5.74) is 8.66. The molecule has 1 heterocycles. The molecule has 1 aromatic carbocycles. The number of allylic oxidation sites excluding steroid dienone is 1. The molecule has 0 saturated heterocycles. The number of nitrogens with zero attached hydrogens (tertiary/aromatic N) is 5. The van der Waals surface area contributed by atoms with Gasteiger partial charge < -0.3 is 5.73 Å². The van der Waals surface area contributed by atoms with Crippen LogP contribution < -0.4 is 11.2 Å². The summed E-state index contributed by atoms with van der Waals surface area (Å²) in [7, 11) is 0. The van der Waals surface area contributed by atoms with Gasteiger partial charge in [0.1, 0.15) is 6.54 Å². The summed E-state index contributed by atoms with van der Waals surface area (Å²) in [5.74, 6) is -0.348. The van der Waals surface area contributed by atoms with Crippen molar-refractivity contribution >= 4 is 24.1 Å². The van der Waals surface area contributed by atoms with E-state index in [2.05, 4.69) is 25.9 Å². The van der Waals surface area contributed by atoms with Crippen LogP contribution >= 0.6 is 0 Å². The van der Waals surface area contributed by atoms with E-state index in [0.29, 0.717) is 0 Å². The summed E-state index contributed by atoms with van der Waals surface area (Å²) < 4.78 is 0. The van der Waals surface area contributed by atoms with Gasteiger partial charge in [-0.3, -0.25) is 4.79 Å². The number of tetrazole rings is 1. The Bertz CT molecular complexity index is 618. The Labute approximate surface area is 115 Å². The number of anilines is 1. The predicted octanol–water partition coefficient (Wildman–Crippen LogP) is 0.0707. The maximum absolute atomic E-state index is 11.4. The second-order valence-corrected chi connectivity index (χ2v) is 3.76. The molecule has 0 spiro atoms. The standard InChI is InChI=1S/C12H13N7O/c13-12-16-18-19(17-12)9-11(20)15-14-8-4-7-10-5-2-1-3-6-10/h1-8H,9H2,(H2,13,17)(H,15,20)/b7-4+,14-8?. The van der Waals surface area contributed by atoms with Crippen LogP contribution in [0.25, 0.3) is 6.08 Å². The van der Waals surface area contributed by atoms with Gasteiger partial charge in [-0.05, 0) is 16.9 Å². The van der Waals surface area contributed by atoms with E-state index in [1.54, 1.807) is 6.08 Å². The van der Waals surface area contributed by atoms with Gasteiger partial charge in [0.05, 0.1) is 0 Å². The zero-order valence-electron chi connectivity index (χ0n) is 10.5. The van der Waals surface area contributed by atoms with E-state index in [9.17, 15) is 4.79 Å². The number of hydrogen-bond acceptors (Lipinski definition) is 6. The number of amides is 1. The Balaban J connectivity index is 1.76. The number of carbonyl (C=O) groups excluding carboxylic acids is 1. The molecule has 0 radical (unpaired) electrons. The zero-order valence-corrected chi connectivity index (χ0v) is 10.5. The van der Waals surface area contributed by atoms with Crippen LogP contribution in [-0.4, -0.2) is 32.3 Å². The SMILES string of the molecule is Nc1nnn(CC(=O)NN=C/C=C/c2ccccc2)n1. The topological polar surface area (TPSA) is 111 Å². The highest BCUT2D eigenvalue weighted by atomic mass is 16.2. The summed E-state index contributed by atoms with van der Waals surface area (Å²) in [4.78, 5) is 12.5. The molecule has 0 aliphatic heterocycles. The Hall–Kier alpha value is -3.03. The lowest BCUT2D eigenvalue weighted by atomic mass is 10.2. The first kappa shape index (κ1) is 13.4. The highest BCUT2D eigenvalue weighted by molar-refractivity contribution is 5.81. The molecule has 0 aliphatic carbocycles. The van der Waals surface area contributed by atoms with Gasteiger partial charge in [-0.1, -0.05) is 41.5 Å². The number of carbonyl (C=O) groups is 1. The van der Waals surface area contributed by atoms with E-state index < -0.39 is 0 Å². The van der Waals surface area contributed by atoms with Gasteiger partial charge in [-0.15, -0.1) is 5.10 Å². The van der Waals surface area contributed by atoms with E-state index >= 15 is 0 Å². The first-order valence-electron chi connectivity index (χ1n) is 5.81. The molecule has 8 heteroatoms. The fourth-order valence-electron chi connectivity index (χ4n) is 1.36. The molecule has 20 heavy (non-hydrogen) atoms. The molecule has 0 bridgehead atoms. The first-order chi connectivity index (χ1) is 9.74. The summed E-state index contributed by atoms with van der Waals surface area (Å²) >= 11 is 0. The van der Waals surface area contributed by atoms with Gasteiger partial charge >= 0.3 is 0 Å². The molecular weight excluding hydrogens is 258 g/mol. The zero-order chi connectivity index (χ0) is 14.2. The molecule has 1 aromatic heterocycles. The van der Waals surface area contributed by atoms with Crippen LogP contribution in [0.5, 0.6) is 0 Å². The number of aromatic nitrogens is 4. The van der Waals surface area contributed by atoms with Crippen molar-refractivity contribution in [2.75, 3.05) is 5.73 Å². The molecule has 8 nitrogen and oxygen atoms in total. The lowest BCUT2D eigenvalue weighted by Gasteiger charge is -1.96. The second kappa shape index (κ2) is 6.78. The van der Waals surface area contributed by atoms with Crippen molar-refractivity contribution in [3.05, 3.63) is 42.0 Å². The van der Waals surface area contributed by atoms with Gasteiger partial charge in [0.2, 0.25) is 0 Å². The van der Waals surface area contributed by atoms with Crippen LogP contribution in [0.3, 0.4) is 0 Å². The fraction of sp³-hybridized carbons (Fsp3) is 0.0833. The Morgan fingerprint density at radius 1 is 1.40 bits per heavy atom. The van der Waals surface area contributed by atoms with Crippen LogP contribution in [0, 0.1) is 0 Å². The maximum Gasteiger partial charge on any atom is 0.263 e. The lowest BCUT2D eigenvalue weighted by Crippen LogP contribution is -2.24. The third-order valence-electron chi connectivity index (χ3n) is 2.19. The van der Waals surface area contributed by atoms with E-state index in [-0.39, 0.29) is 18.4 Å². The Morgan fingerprint density at radius 2 is 2.20 bits per heavy atom. The van der Waals surface area contributed by atoms with E-state index in [1.165, 1.54) is 6.21 Å². The van der Waals surface area contributed by atoms with Crippen molar-refractivity contribution in [2.45, 2.75) is 6.54 Å². The molecule has 102 valence electrons. The van der Waals surface area contributed by atoms with E-state index in [1.807, 2.05) is 36.4 Å². The van der Waals surface area contributed by atoms with Crippen LogP contribution in [0.15, 0.2) is 41.5 Å². The molecule has 2 aromatic rings. The van der Waals surface area contributed by atoms with Gasteiger partial charge in [0.25, 0.3) is 11.9 Å². The van der Waals surface area contributed by atoms with Crippen LogP contribution in [0.1, 0.15) is 5.56 Å². The number of nitrogens with one attached hydrogen (secondary N) is 1. The molecule has 0 saturated carbocycles. The van der Waals surface area contributed by atoms with Gasteiger partial charge in [-0.2, -0.15) is 9.90 Å². The summed E-state index contributed by atoms with van der Waals surface area (Å²) in [6.45, 7) is -0.0933. The number of hydrogen-bond donors (Lipinski definition) is 2. The Morgan fingerprint density at radius 3 is 2.90 bits per heavy atom. The molecule has 3 N–H and O–H groups in total. The molecule has 0 unspecified atom stereocenters. The smallest absolute Gasteiger partial charge is 0.263 e. The van der Waals surface area contributed by atoms with Gasteiger partial charge in [0, 0.05) is 6.21 Å². The van der Waals surface area contributed by atoms with Crippen molar-refractivity contribution in [1.82, 2.24) is 25.6 Å². The minimum atomic E-state index is -0.369. The summed E-state index contributed by atoms with van der Waals surface area (Å²) in [5, 5.41) is 14.4. The largest absolute Gasteiger partial charge is 0.365 e. The third-order valence-corrected chi connectivity index (χ3v) is 2.19. The van der Waals surface area contributed by atoms with Crippen molar-refractivity contribution < 1.29 is 4.79 Å². The van der Waals surface area contributed by atoms with Crippen molar-refractivity contribution in [3.63, 3.8) is 0 Å². The second-order valence-electron chi connectivity index (χ2n) is 3.76. The number of nitrogen functional groups attached to an aromatic ring is 1. The predicted molar refractivity (Wildman–Crippen MR) is 74.3 cm³/mol. The van der Waals surface area contributed by atoms with Gasteiger partial charge in [-0.25, -0.2) is 5.43 Å². The van der Waals surface area contributed by atoms with Crippen LogP contribution in [0.4, 0.5) is 5.95 Å². The van der Waals surface area contributed by atoms with Crippen molar-refractivity contribution in [1.29, 1.82) is 0 Å². The lowest BCUT2D eigenvalue weighted by molar-refractivity contribution is -0.122. The van der Waals surface area contributed by atoms with Crippen molar-refractivity contribution in [2.24, 2.45) is 5.10 Å². The molecule has 0 atom stereocenters. The number of hydrazone groups is 1. The van der Waals surface area contributed by atoms with Crippen LogP contribution in [0.2, 0.25) is 0 Å². The summed E-state index contributed by atoms with van der Waals surface area (Å²) in [6, 6.07) is 9.74. The maximum atomic E-state index is 11.4.